The molecule has 1 rings (SSSR count). The molecule has 0 aromatic carbocycles. The molecule has 0 aliphatic rings. The fraction of sp³-hybridized carbons (Fsp3) is 0.615. The number of halogens is 1. The molecule has 0 amide bonds. The number of nitrogens with one attached hydrogen (secondary N) is 2. The normalized spacial score (nSPS) is 11.9. The number of hydrogen-bond acceptors (Lipinski definition) is 5. The molecule has 0 unspecified atom stereocenters. The van der Waals surface area contributed by atoms with E-state index in [1.54, 1.807) is 19.3 Å². The van der Waals surface area contributed by atoms with Gasteiger partial charge >= 0.3 is 0 Å². The van der Waals surface area contributed by atoms with Crippen LogP contribution in [0.2, 0.25) is 0 Å². The van der Waals surface area contributed by atoms with E-state index in [4.69, 9.17) is 0 Å². The van der Waals surface area contributed by atoms with Gasteiger partial charge in [-0.25, -0.2) is 18.1 Å². The lowest BCUT2D eigenvalue weighted by molar-refractivity contribution is 0.300. The summed E-state index contributed by atoms with van der Waals surface area (Å²) < 4.78 is 27.9. The molecule has 0 aliphatic carbocycles. The number of aromatic nitrogens is 1. The zero-order chi connectivity index (χ0) is 15.9. The van der Waals surface area contributed by atoms with Crippen LogP contribution in [-0.4, -0.2) is 51.5 Å². The van der Waals surface area contributed by atoms with Gasteiger partial charge in [0, 0.05) is 24.3 Å². The van der Waals surface area contributed by atoms with E-state index in [-0.39, 0.29) is 4.90 Å². The van der Waals surface area contributed by atoms with Gasteiger partial charge in [0.25, 0.3) is 0 Å². The fourth-order valence-electron chi connectivity index (χ4n) is 1.94. The molecule has 8 heteroatoms. The van der Waals surface area contributed by atoms with Gasteiger partial charge in [-0.05, 0) is 48.1 Å². The van der Waals surface area contributed by atoms with Crippen molar-refractivity contribution < 1.29 is 8.42 Å². The summed E-state index contributed by atoms with van der Waals surface area (Å²) in [5.41, 5.74) is 0. The summed E-state index contributed by atoms with van der Waals surface area (Å²) in [5.74, 6) is 0.342. The van der Waals surface area contributed by atoms with Crippen LogP contribution in [-0.2, 0) is 10.0 Å². The third kappa shape index (κ3) is 5.54. The molecule has 120 valence electrons. The quantitative estimate of drug-likeness (QED) is 0.641. The molecule has 1 heterocycles. The van der Waals surface area contributed by atoms with E-state index in [1.807, 2.05) is 0 Å². The number of nitrogens with zero attached hydrogens (tertiary/aromatic N) is 2. The van der Waals surface area contributed by atoms with Crippen molar-refractivity contribution in [1.29, 1.82) is 0 Å². The molecule has 1 aromatic heterocycles. The molecule has 0 aliphatic heterocycles. The van der Waals surface area contributed by atoms with E-state index in [2.05, 4.69) is 49.7 Å². The first kappa shape index (κ1) is 18.3. The summed E-state index contributed by atoms with van der Waals surface area (Å²) in [6.07, 6.45) is 2.34. The lowest BCUT2D eigenvalue weighted by Gasteiger charge is -2.18. The summed E-state index contributed by atoms with van der Waals surface area (Å²) in [7, 11) is -1.91. The molecule has 0 bridgehead atoms. The van der Waals surface area contributed by atoms with E-state index in [0.717, 1.165) is 26.1 Å². The van der Waals surface area contributed by atoms with Gasteiger partial charge in [-0.2, -0.15) is 0 Å². The van der Waals surface area contributed by atoms with Gasteiger partial charge in [0.05, 0.1) is 0 Å². The highest BCUT2D eigenvalue weighted by Crippen LogP contribution is 2.22. The van der Waals surface area contributed by atoms with Crippen molar-refractivity contribution in [3.8, 4) is 0 Å². The molecule has 1 aromatic rings. The fourth-order valence-corrected chi connectivity index (χ4v) is 3.68. The Hall–Kier alpha value is -0.700. The third-order valence-electron chi connectivity index (χ3n) is 3.18. The monoisotopic (exact) mass is 378 g/mol. The van der Waals surface area contributed by atoms with Crippen LogP contribution in [0, 0.1) is 0 Å². The molecule has 0 fully saturated rings. The van der Waals surface area contributed by atoms with Crippen LogP contribution >= 0.6 is 15.9 Å². The molecule has 0 radical (unpaired) electrons. The second-order valence-corrected chi connectivity index (χ2v) is 7.18. The SMILES string of the molecule is CCN(CC)CCCNS(=O)(=O)c1cc(Br)cnc1NC. The largest absolute Gasteiger partial charge is 0.372 e. The van der Waals surface area contributed by atoms with Crippen LogP contribution in [0.5, 0.6) is 0 Å². The van der Waals surface area contributed by atoms with Crippen LogP contribution in [0.25, 0.3) is 0 Å². The van der Waals surface area contributed by atoms with Crippen LogP contribution < -0.4 is 10.0 Å². The minimum atomic E-state index is -3.56. The highest BCUT2D eigenvalue weighted by Gasteiger charge is 2.19. The van der Waals surface area contributed by atoms with Crippen molar-refractivity contribution in [2.45, 2.75) is 25.2 Å². The van der Waals surface area contributed by atoms with Crippen molar-refractivity contribution in [2.24, 2.45) is 0 Å². The molecule has 0 saturated carbocycles. The van der Waals surface area contributed by atoms with Gasteiger partial charge in [0.2, 0.25) is 10.0 Å². The van der Waals surface area contributed by atoms with E-state index in [0.29, 0.717) is 16.8 Å². The maximum Gasteiger partial charge on any atom is 0.244 e. The zero-order valence-corrected chi connectivity index (χ0v) is 15.1. The van der Waals surface area contributed by atoms with Gasteiger partial charge in [-0.3, -0.25) is 0 Å². The van der Waals surface area contributed by atoms with Crippen molar-refractivity contribution >= 4 is 31.8 Å². The smallest absolute Gasteiger partial charge is 0.244 e. The van der Waals surface area contributed by atoms with E-state index >= 15 is 0 Å². The maximum atomic E-state index is 12.3. The molecular formula is C13H23BrN4O2S. The van der Waals surface area contributed by atoms with Crippen molar-refractivity contribution in [3.05, 3.63) is 16.7 Å². The maximum absolute atomic E-state index is 12.3. The zero-order valence-electron chi connectivity index (χ0n) is 12.7. The Labute approximate surface area is 135 Å². The topological polar surface area (TPSA) is 74.3 Å². The molecule has 0 atom stereocenters. The second kappa shape index (κ2) is 8.67. The molecule has 0 saturated heterocycles. The van der Waals surface area contributed by atoms with Gasteiger partial charge in [-0.1, -0.05) is 13.8 Å². The third-order valence-corrected chi connectivity index (χ3v) is 5.09. The average molecular weight is 379 g/mol. The molecular weight excluding hydrogens is 356 g/mol. The predicted molar refractivity (Wildman–Crippen MR) is 89.1 cm³/mol. The molecule has 2 N–H and O–H groups in total. The number of sulfonamides is 1. The van der Waals surface area contributed by atoms with Gasteiger partial charge in [0.1, 0.15) is 10.7 Å². The Kier molecular flexibility index (Phi) is 7.58. The summed E-state index contributed by atoms with van der Waals surface area (Å²) in [6, 6.07) is 1.55. The molecule has 0 spiro atoms. The summed E-state index contributed by atoms with van der Waals surface area (Å²) in [4.78, 5) is 6.47. The summed E-state index contributed by atoms with van der Waals surface area (Å²) in [5, 5.41) is 2.80. The lowest BCUT2D eigenvalue weighted by Crippen LogP contribution is -2.30. The van der Waals surface area contributed by atoms with E-state index in [9.17, 15) is 8.42 Å². The van der Waals surface area contributed by atoms with Crippen molar-refractivity contribution in [1.82, 2.24) is 14.6 Å². The Morgan fingerprint density at radius 2 is 2.00 bits per heavy atom. The van der Waals surface area contributed by atoms with Crippen LogP contribution in [0.1, 0.15) is 20.3 Å². The summed E-state index contributed by atoms with van der Waals surface area (Å²) in [6.45, 7) is 7.44. The second-order valence-electron chi connectivity index (χ2n) is 4.53. The highest BCUT2D eigenvalue weighted by molar-refractivity contribution is 9.10. The standard InChI is InChI=1S/C13H23BrN4O2S/c1-4-18(5-2)8-6-7-17-21(19,20)12-9-11(14)10-16-13(12)15-3/h9-10,17H,4-8H2,1-3H3,(H,15,16). The lowest BCUT2D eigenvalue weighted by atomic mass is 10.4. The number of rotatable bonds is 9. The van der Waals surface area contributed by atoms with Crippen LogP contribution in [0.15, 0.2) is 21.6 Å². The van der Waals surface area contributed by atoms with E-state index in [1.165, 1.54) is 0 Å². The Balaban J connectivity index is 2.68. The molecule has 6 nitrogen and oxygen atoms in total. The van der Waals surface area contributed by atoms with E-state index < -0.39 is 10.0 Å². The first-order valence-electron chi connectivity index (χ1n) is 6.99. The minimum Gasteiger partial charge on any atom is -0.372 e. The number of anilines is 1. The Morgan fingerprint density at radius 1 is 1.33 bits per heavy atom. The highest BCUT2D eigenvalue weighted by atomic mass is 79.9. The minimum absolute atomic E-state index is 0.155. The van der Waals surface area contributed by atoms with Crippen LogP contribution in [0.3, 0.4) is 0 Å². The molecule has 21 heavy (non-hydrogen) atoms. The average Bonchev–Trinajstić information content (AvgIpc) is 2.47. The summed E-state index contributed by atoms with van der Waals surface area (Å²) >= 11 is 3.25. The first-order valence-corrected chi connectivity index (χ1v) is 9.27. The number of hydrogen-bond donors (Lipinski definition) is 2. The predicted octanol–water partition coefficient (Wildman–Crippen LogP) is 1.90. The Morgan fingerprint density at radius 3 is 2.57 bits per heavy atom. The van der Waals surface area contributed by atoms with Gasteiger partial charge < -0.3 is 10.2 Å². The van der Waals surface area contributed by atoms with Crippen molar-refractivity contribution in [3.63, 3.8) is 0 Å². The number of pyridine rings is 1. The van der Waals surface area contributed by atoms with Gasteiger partial charge in [0.15, 0.2) is 0 Å². The van der Waals surface area contributed by atoms with Gasteiger partial charge in [-0.15, -0.1) is 0 Å². The van der Waals surface area contributed by atoms with Crippen LogP contribution in [0.4, 0.5) is 5.82 Å². The first-order chi connectivity index (χ1) is 9.94. The Bertz CT molecular complexity index is 547. The van der Waals surface area contributed by atoms with Crippen molar-refractivity contribution in [2.75, 3.05) is 38.5 Å².